The van der Waals surface area contributed by atoms with Crippen LogP contribution in [0.1, 0.15) is 32.4 Å². The third kappa shape index (κ3) is 3.15. The molecule has 1 N–H and O–H groups in total. The molecule has 2 aromatic rings. The largest absolute Gasteiger partial charge is 0.370 e. The quantitative estimate of drug-likeness (QED) is 0.646. The van der Waals surface area contributed by atoms with Crippen molar-refractivity contribution in [3.05, 3.63) is 33.9 Å². The Hall–Kier alpha value is -2.51. The van der Waals surface area contributed by atoms with E-state index in [1.807, 2.05) is 20.8 Å². The first kappa shape index (κ1) is 14.9. The maximum atomic E-state index is 11.1. The van der Waals surface area contributed by atoms with Crippen LogP contribution in [0.5, 0.6) is 0 Å². The second-order valence-electron chi connectivity index (χ2n) is 4.42. The smallest absolute Gasteiger partial charge is 0.276 e. The highest BCUT2D eigenvalue weighted by molar-refractivity contribution is 5.50. The molecule has 0 aliphatic rings. The van der Waals surface area contributed by atoms with Gasteiger partial charge in [0.25, 0.3) is 5.69 Å². The number of anilines is 1. The first-order chi connectivity index (χ1) is 10.1. The Balaban J connectivity index is 2.56. The highest BCUT2D eigenvalue weighted by atomic mass is 16.6. The minimum atomic E-state index is -0.435. The van der Waals surface area contributed by atoms with Gasteiger partial charge in [0.05, 0.1) is 17.1 Å². The average Bonchev–Trinajstić information content (AvgIpc) is 2.90. The molecule has 0 aromatic carbocycles. The number of hydrogen-bond donors (Lipinski definition) is 1. The van der Waals surface area contributed by atoms with Crippen LogP contribution < -0.4 is 5.32 Å². The Labute approximate surface area is 122 Å². The molecule has 0 atom stereocenters. The molecule has 2 aromatic heterocycles. The van der Waals surface area contributed by atoms with Gasteiger partial charge in [0, 0.05) is 19.4 Å². The molecule has 0 fully saturated rings. The third-order valence-corrected chi connectivity index (χ3v) is 2.93. The minimum absolute atomic E-state index is 0.0217. The summed E-state index contributed by atoms with van der Waals surface area (Å²) in [4.78, 5) is 19.4. The highest BCUT2D eigenvalue weighted by Crippen LogP contribution is 2.20. The lowest BCUT2D eigenvalue weighted by molar-refractivity contribution is -0.384. The molecule has 21 heavy (non-hydrogen) atoms. The fourth-order valence-electron chi connectivity index (χ4n) is 1.94. The highest BCUT2D eigenvalue weighted by Gasteiger charge is 2.16. The van der Waals surface area contributed by atoms with Crippen LogP contribution in [0.3, 0.4) is 0 Å². The standard InChI is InChI=1S/C13H18N6O2/c1-4-10-15-12(5-2)18(17-10)13-8-9(19(20)21)7-11(16-13)14-6-3/h7-8H,4-6H2,1-3H3,(H,14,16). The van der Waals surface area contributed by atoms with Gasteiger partial charge in [-0.3, -0.25) is 10.1 Å². The predicted octanol–water partition coefficient (Wildman–Crippen LogP) is 2.13. The molecule has 0 spiro atoms. The van der Waals surface area contributed by atoms with Crippen LogP contribution in [0, 0.1) is 10.1 Å². The van der Waals surface area contributed by atoms with E-state index in [4.69, 9.17) is 0 Å². The maximum Gasteiger partial charge on any atom is 0.276 e. The molecule has 2 heterocycles. The van der Waals surface area contributed by atoms with Crippen LogP contribution in [0.25, 0.3) is 5.82 Å². The lowest BCUT2D eigenvalue weighted by atomic mass is 10.3. The Bertz CT molecular complexity index is 652. The van der Waals surface area contributed by atoms with Crippen LogP contribution >= 0.6 is 0 Å². The molecule has 0 amide bonds. The van der Waals surface area contributed by atoms with Gasteiger partial charge in [0.1, 0.15) is 11.6 Å². The van der Waals surface area contributed by atoms with E-state index in [0.717, 1.165) is 5.82 Å². The summed E-state index contributed by atoms with van der Waals surface area (Å²) in [5.74, 6) is 2.30. The topological polar surface area (TPSA) is 98.8 Å². The van der Waals surface area contributed by atoms with E-state index in [9.17, 15) is 10.1 Å². The molecule has 0 bridgehead atoms. The molecule has 8 nitrogen and oxygen atoms in total. The van der Waals surface area contributed by atoms with Gasteiger partial charge in [-0.15, -0.1) is 5.10 Å². The fraction of sp³-hybridized carbons (Fsp3) is 0.462. The van der Waals surface area contributed by atoms with Crippen molar-refractivity contribution in [2.24, 2.45) is 0 Å². The number of hydrogen-bond acceptors (Lipinski definition) is 6. The normalized spacial score (nSPS) is 10.6. The Morgan fingerprint density at radius 1 is 1.24 bits per heavy atom. The van der Waals surface area contributed by atoms with E-state index in [0.29, 0.717) is 36.8 Å². The molecule has 0 unspecified atom stereocenters. The van der Waals surface area contributed by atoms with Crippen LogP contribution in [-0.4, -0.2) is 31.2 Å². The molecule has 2 rings (SSSR count). The summed E-state index contributed by atoms with van der Waals surface area (Å²) >= 11 is 0. The first-order valence-corrected chi connectivity index (χ1v) is 6.94. The van der Waals surface area contributed by atoms with Crippen molar-refractivity contribution in [1.29, 1.82) is 0 Å². The summed E-state index contributed by atoms with van der Waals surface area (Å²) in [7, 11) is 0. The van der Waals surface area contributed by atoms with Crippen molar-refractivity contribution in [3.8, 4) is 5.82 Å². The van der Waals surface area contributed by atoms with Gasteiger partial charge in [0.15, 0.2) is 11.6 Å². The van der Waals surface area contributed by atoms with Crippen molar-refractivity contribution in [3.63, 3.8) is 0 Å². The SMILES string of the molecule is CCNc1cc([N+](=O)[O-])cc(-n2nc(CC)nc2CC)n1. The zero-order valence-corrected chi connectivity index (χ0v) is 12.3. The molecule has 0 saturated carbocycles. The van der Waals surface area contributed by atoms with Crippen LogP contribution in [0.4, 0.5) is 11.5 Å². The molecule has 8 heteroatoms. The third-order valence-electron chi connectivity index (χ3n) is 2.93. The maximum absolute atomic E-state index is 11.1. The number of pyridine rings is 1. The summed E-state index contributed by atoms with van der Waals surface area (Å²) in [6.07, 6.45) is 1.38. The molecule has 0 aliphatic heterocycles. The average molecular weight is 290 g/mol. The minimum Gasteiger partial charge on any atom is -0.370 e. The number of rotatable bonds is 6. The Kier molecular flexibility index (Phi) is 4.46. The Morgan fingerprint density at radius 3 is 2.57 bits per heavy atom. The Morgan fingerprint density at radius 2 is 2.00 bits per heavy atom. The van der Waals surface area contributed by atoms with E-state index in [2.05, 4.69) is 20.4 Å². The predicted molar refractivity (Wildman–Crippen MR) is 78.7 cm³/mol. The summed E-state index contributed by atoms with van der Waals surface area (Å²) in [5.41, 5.74) is -0.0217. The van der Waals surface area contributed by atoms with Crippen molar-refractivity contribution in [2.45, 2.75) is 33.6 Å². The molecule has 112 valence electrons. The van der Waals surface area contributed by atoms with Crippen LogP contribution in [0.2, 0.25) is 0 Å². The van der Waals surface area contributed by atoms with Gasteiger partial charge in [-0.2, -0.15) is 4.68 Å². The van der Waals surface area contributed by atoms with Crippen molar-refractivity contribution in [1.82, 2.24) is 19.7 Å². The second kappa shape index (κ2) is 6.29. The summed E-state index contributed by atoms with van der Waals surface area (Å²) in [5, 5.41) is 18.4. The van der Waals surface area contributed by atoms with E-state index < -0.39 is 4.92 Å². The number of nitrogens with zero attached hydrogens (tertiary/aromatic N) is 5. The molecule has 0 radical (unpaired) electrons. The number of nitrogens with one attached hydrogen (secondary N) is 1. The zero-order chi connectivity index (χ0) is 15.4. The van der Waals surface area contributed by atoms with Gasteiger partial charge in [-0.1, -0.05) is 13.8 Å². The van der Waals surface area contributed by atoms with Crippen LogP contribution in [0.15, 0.2) is 12.1 Å². The fourth-order valence-corrected chi connectivity index (χ4v) is 1.94. The number of aromatic nitrogens is 4. The van der Waals surface area contributed by atoms with Gasteiger partial charge < -0.3 is 5.32 Å². The van der Waals surface area contributed by atoms with Crippen molar-refractivity contribution in [2.75, 3.05) is 11.9 Å². The summed E-state index contributed by atoms with van der Waals surface area (Å²) in [6, 6.07) is 2.82. The monoisotopic (exact) mass is 290 g/mol. The van der Waals surface area contributed by atoms with Gasteiger partial charge in [0.2, 0.25) is 0 Å². The molecular formula is C13H18N6O2. The van der Waals surface area contributed by atoms with E-state index in [-0.39, 0.29) is 5.69 Å². The molecule has 0 saturated heterocycles. The molecule has 0 aliphatic carbocycles. The van der Waals surface area contributed by atoms with Crippen molar-refractivity contribution >= 4 is 11.5 Å². The summed E-state index contributed by atoms with van der Waals surface area (Å²) in [6.45, 7) is 6.46. The number of nitro groups is 1. The summed E-state index contributed by atoms with van der Waals surface area (Å²) < 4.78 is 1.58. The van der Waals surface area contributed by atoms with E-state index in [1.165, 1.54) is 12.1 Å². The van der Waals surface area contributed by atoms with E-state index >= 15 is 0 Å². The second-order valence-corrected chi connectivity index (χ2v) is 4.42. The van der Waals surface area contributed by atoms with Gasteiger partial charge in [-0.05, 0) is 6.92 Å². The first-order valence-electron chi connectivity index (χ1n) is 6.94. The lowest BCUT2D eigenvalue weighted by Crippen LogP contribution is -2.08. The van der Waals surface area contributed by atoms with Crippen molar-refractivity contribution < 1.29 is 4.92 Å². The molecular weight excluding hydrogens is 272 g/mol. The lowest BCUT2D eigenvalue weighted by Gasteiger charge is -2.07. The van der Waals surface area contributed by atoms with Gasteiger partial charge in [-0.25, -0.2) is 9.97 Å². The van der Waals surface area contributed by atoms with E-state index in [1.54, 1.807) is 4.68 Å². The number of aryl methyl sites for hydroxylation is 2. The van der Waals surface area contributed by atoms with Crippen LogP contribution in [-0.2, 0) is 12.8 Å². The van der Waals surface area contributed by atoms with Gasteiger partial charge >= 0.3 is 0 Å². The zero-order valence-electron chi connectivity index (χ0n) is 12.3.